The number of aryl methyl sites for hydroxylation is 3. The second-order valence-electron chi connectivity index (χ2n) is 8.48. The molecule has 0 amide bonds. The molecule has 0 N–H and O–H groups in total. The molecule has 0 unspecified atom stereocenters. The molecule has 0 aliphatic heterocycles. The zero-order valence-electron chi connectivity index (χ0n) is 18.3. The number of rotatable bonds is 17. The van der Waals surface area contributed by atoms with Gasteiger partial charge in [0, 0.05) is 0 Å². The van der Waals surface area contributed by atoms with Gasteiger partial charge in [0.2, 0.25) is 0 Å². The number of benzene rings is 1. The Labute approximate surface area is 165 Å². The van der Waals surface area contributed by atoms with Crippen LogP contribution in [0.1, 0.15) is 126 Å². The molecular formula is C26H46. The van der Waals surface area contributed by atoms with Gasteiger partial charge in [-0.05, 0) is 37.8 Å². The number of hydrogen-bond donors (Lipinski definition) is 0. The largest absolute Gasteiger partial charge is 0.0654 e. The van der Waals surface area contributed by atoms with E-state index in [-0.39, 0.29) is 0 Å². The molecule has 1 rings (SSSR count). The second-order valence-corrected chi connectivity index (χ2v) is 8.48. The molecule has 0 bridgehead atoms. The first kappa shape index (κ1) is 23.3. The third-order valence-electron chi connectivity index (χ3n) is 5.80. The quantitative estimate of drug-likeness (QED) is 0.243. The van der Waals surface area contributed by atoms with Crippen LogP contribution < -0.4 is 0 Å². The lowest BCUT2D eigenvalue weighted by atomic mass is 9.99. The predicted molar refractivity (Wildman–Crippen MR) is 119 cm³/mol. The summed E-state index contributed by atoms with van der Waals surface area (Å²) in [7, 11) is 0. The van der Waals surface area contributed by atoms with Crippen molar-refractivity contribution in [2.24, 2.45) is 0 Å². The lowest BCUT2D eigenvalue weighted by Gasteiger charge is -2.07. The maximum atomic E-state index is 2.33. The van der Waals surface area contributed by atoms with Gasteiger partial charge in [0.05, 0.1) is 0 Å². The SMILES string of the molecule is CCCCCCCCCCCCCCCCCCc1ccc(C)cc1C. The normalized spacial score (nSPS) is 11.2. The van der Waals surface area contributed by atoms with E-state index in [4.69, 9.17) is 0 Å². The van der Waals surface area contributed by atoms with Gasteiger partial charge in [-0.2, -0.15) is 0 Å². The van der Waals surface area contributed by atoms with E-state index < -0.39 is 0 Å². The molecule has 0 nitrogen and oxygen atoms in total. The molecule has 0 aliphatic carbocycles. The van der Waals surface area contributed by atoms with Crippen LogP contribution in [0, 0.1) is 13.8 Å². The fraction of sp³-hybridized carbons (Fsp3) is 0.769. The molecule has 0 heterocycles. The van der Waals surface area contributed by atoms with Gasteiger partial charge < -0.3 is 0 Å². The summed E-state index contributed by atoms with van der Waals surface area (Å²) in [5.41, 5.74) is 4.42. The molecule has 0 heteroatoms. The molecule has 0 atom stereocenters. The van der Waals surface area contributed by atoms with Crippen LogP contribution in [0.5, 0.6) is 0 Å². The molecule has 0 fully saturated rings. The zero-order valence-corrected chi connectivity index (χ0v) is 18.3. The van der Waals surface area contributed by atoms with Crippen LogP contribution in [0.25, 0.3) is 0 Å². The van der Waals surface area contributed by atoms with Gasteiger partial charge in [0.15, 0.2) is 0 Å². The van der Waals surface area contributed by atoms with E-state index in [1.54, 1.807) is 5.56 Å². The Balaban J connectivity index is 1.79. The Kier molecular flexibility index (Phi) is 14.7. The third kappa shape index (κ3) is 12.6. The van der Waals surface area contributed by atoms with Crippen LogP contribution in [0.15, 0.2) is 18.2 Å². The first-order chi connectivity index (χ1) is 12.7. The average molecular weight is 359 g/mol. The van der Waals surface area contributed by atoms with Gasteiger partial charge in [-0.3, -0.25) is 0 Å². The zero-order chi connectivity index (χ0) is 18.9. The van der Waals surface area contributed by atoms with Gasteiger partial charge in [-0.15, -0.1) is 0 Å². The highest BCUT2D eigenvalue weighted by atomic mass is 14.0. The topological polar surface area (TPSA) is 0 Å². The van der Waals surface area contributed by atoms with Gasteiger partial charge in [0.1, 0.15) is 0 Å². The summed E-state index contributed by atoms with van der Waals surface area (Å²) in [5.74, 6) is 0. The van der Waals surface area contributed by atoms with Crippen LogP contribution >= 0.6 is 0 Å². The van der Waals surface area contributed by atoms with Crippen LogP contribution in [-0.2, 0) is 6.42 Å². The molecule has 150 valence electrons. The van der Waals surface area contributed by atoms with Crippen molar-refractivity contribution in [2.75, 3.05) is 0 Å². The monoisotopic (exact) mass is 358 g/mol. The highest BCUT2D eigenvalue weighted by Gasteiger charge is 1.99. The Morgan fingerprint density at radius 3 is 1.38 bits per heavy atom. The molecule has 26 heavy (non-hydrogen) atoms. The maximum Gasteiger partial charge on any atom is -0.0276 e. The van der Waals surface area contributed by atoms with Crippen molar-refractivity contribution in [1.29, 1.82) is 0 Å². The lowest BCUT2D eigenvalue weighted by molar-refractivity contribution is 0.529. The summed E-state index contributed by atoms with van der Waals surface area (Å²) < 4.78 is 0. The molecular weight excluding hydrogens is 312 g/mol. The number of hydrogen-bond acceptors (Lipinski definition) is 0. The summed E-state index contributed by atoms with van der Waals surface area (Å²) in [4.78, 5) is 0. The minimum absolute atomic E-state index is 1.27. The van der Waals surface area contributed by atoms with Crippen molar-refractivity contribution in [3.8, 4) is 0 Å². The Hall–Kier alpha value is -0.780. The summed E-state index contributed by atoms with van der Waals surface area (Å²) >= 11 is 0. The van der Waals surface area contributed by atoms with Crippen molar-refractivity contribution < 1.29 is 0 Å². The minimum Gasteiger partial charge on any atom is -0.0654 e. The Bertz CT molecular complexity index is 432. The van der Waals surface area contributed by atoms with E-state index in [0.29, 0.717) is 0 Å². The summed E-state index contributed by atoms with van der Waals surface area (Å²) in [6, 6.07) is 6.91. The van der Waals surface area contributed by atoms with E-state index in [1.807, 2.05) is 0 Å². The predicted octanol–water partition coefficient (Wildman–Crippen LogP) is 9.11. The van der Waals surface area contributed by atoms with E-state index in [2.05, 4.69) is 39.0 Å². The molecule has 1 aromatic carbocycles. The molecule has 0 spiro atoms. The molecule has 0 aromatic heterocycles. The Morgan fingerprint density at radius 1 is 0.538 bits per heavy atom. The highest BCUT2D eigenvalue weighted by Crippen LogP contribution is 2.16. The molecule has 1 aromatic rings. The van der Waals surface area contributed by atoms with Crippen LogP contribution in [0.3, 0.4) is 0 Å². The molecule has 0 saturated carbocycles. The van der Waals surface area contributed by atoms with Gasteiger partial charge in [-0.1, -0.05) is 127 Å². The Morgan fingerprint density at radius 2 is 0.962 bits per heavy atom. The first-order valence-electron chi connectivity index (χ1n) is 11.8. The van der Waals surface area contributed by atoms with Crippen molar-refractivity contribution in [3.05, 3.63) is 34.9 Å². The van der Waals surface area contributed by atoms with Crippen LogP contribution in [-0.4, -0.2) is 0 Å². The molecule has 0 saturated heterocycles. The van der Waals surface area contributed by atoms with Gasteiger partial charge in [-0.25, -0.2) is 0 Å². The fourth-order valence-electron chi connectivity index (χ4n) is 3.99. The van der Waals surface area contributed by atoms with Crippen molar-refractivity contribution in [3.63, 3.8) is 0 Å². The van der Waals surface area contributed by atoms with E-state index in [1.165, 1.54) is 120 Å². The van der Waals surface area contributed by atoms with Crippen molar-refractivity contribution in [2.45, 2.75) is 130 Å². The van der Waals surface area contributed by atoms with E-state index in [0.717, 1.165) is 0 Å². The van der Waals surface area contributed by atoms with Crippen LogP contribution in [0.4, 0.5) is 0 Å². The van der Waals surface area contributed by atoms with Crippen molar-refractivity contribution >= 4 is 0 Å². The van der Waals surface area contributed by atoms with Gasteiger partial charge >= 0.3 is 0 Å². The molecule has 0 aliphatic rings. The minimum atomic E-state index is 1.27. The second kappa shape index (κ2) is 16.4. The first-order valence-corrected chi connectivity index (χ1v) is 11.8. The molecule has 0 radical (unpaired) electrons. The van der Waals surface area contributed by atoms with Crippen LogP contribution in [0.2, 0.25) is 0 Å². The third-order valence-corrected chi connectivity index (χ3v) is 5.80. The smallest absolute Gasteiger partial charge is 0.0276 e. The maximum absolute atomic E-state index is 2.33. The van der Waals surface area contributed by atoms with E-state index in [9.17, 15) is 0 Å². The average Bonchev–Trinajstić information content (AvgIpc) is 2.63. The highest BCUT2D eigenvalue weighted by molar-refractivity contribution is 5.30. The summed E-state index contributed by atoms with van der Waals surface area (Å²) in [6.45, 7) is 6.74. The van der Waals surface area contributed by atoms with E-state index >= 15 is 0 Å². The van der Waals surface area contributed by atoms with Crippen molar-refractivity contribution in [1.82, 2.24) is 0 Å². The fourth-order valence-corrected chi connectivity index (χ4v) is 3.99. The standard InChI is InChI=1S/C26H46/c1-4-5-6-7-8-9-10-11-12-13-14-15-16-17-18-19-20-26-22-21-24(2)23-25(26)3/h21-23H,4-20H2,1-3H3. The number of unbranched alkanes of at least 4 members (excludes halogenated alkanes) is 15. The van der Waals surface area contributed by atoms with Gasteiger partial charge in [0.25, 0.3) is 0 Å². The lowest BCUT2D eigenvalue weighted by Crippen LogP contribution is -1.91. The summed E-state index contributed by atoms with van der Waals surface area (Å²) in [6.07, 6.45) is 24.4. The summed E-state index contributed by atoms with van der Waals surface area (Å²) in [5, 5.41) is 0.